The Bertz CT molecular complexity index is 344. The fraction of sp³-hybridized carbons (Fsp3) is 1.00. The molecular formula is C30H72Br2Cl2Si4. The first kappa shape index (κ1) is 47.3. The summed E-state index contributed by atoms with van der Waals surface area (Å²) in [6.07, 6.45) is 19.6. The molecule has 0 spiro atoms. The molecule has 0 aromatic rings. The van der Waals surface area contributed by atoms with Crippen LogP contribution < -0.4 is 0 Å². The maximum absolute atomic E-state index is 5.59. The number of rotatable bonds is 22. The zero-order valence-electron chi connectivity index (χ0n) is 27.4. The summed E-state index contributed by atoms with van der Waals surface area (Å²) in [7, 11) is -0.990. The minimum Gasteiger partial charge on any atom is -0.127 e. The first-order chi connectivity index (χ1) is 18.1. The molecule has 236 valence electrons. The van der Waals surface area contributed by atoms with Crippen LogP contribution in [0, 0.1) is 0 Å². The average molecular weight is 776 g/mol. The van der Waals surface area contributed by atoms with Crippen LogP contribution in [0.3, 0.4) is 0 Å². The van der Waals surface area contributed by atoms with Gasteiger partial charge in [-0.3, -0.25) is 0 Å². The Morgan fingerprint density at radius 2 is 0.605 bits per heavy atom. The molecule has 0 aliphatic heterocycles. The molecule has 0 N–H and O–H groups in total. The van der Waals surface area contributed by atoms with E-state index in [-0.39, 0.29) is 35.2 Å². The summed E-state index contributed by atoms with van der Waals surface area (Å²) >= 11 is 17.9. The SMILES string of the molecule is C[SiH](C)CCCBr.C[SiH](C)CCCCCCCCBr.C[SiH](C)CCCCCCCCCl.C[SiH](C)CCCCl. The zero-order valence-corrected chi connectivity index (χ0v) is 36.7. The Kier molecular flexibility index (Phi) is 54.6. The number of halogens is 4. The smallest absolute Gasteiger partial charge is 0.0306 e. The highest BCUT2D eigenvalue weighted by Gasteiger charge is 1.96. The van der Waals surface area contributed by atoms with Crippen molar-refractivity contribution < 1.29 is 0 Å². The maximum atomic E-state index is 5.59. The van der Waals surface area contributed by atoms with Gasteiger partial charge in [0.1, 0.15) is 0 Å². The van der Waals surface area contributed by atoms with E-state index in [4.69, 9.17) is 23.2 Å². The highest BCUT2D eigenvalue weighted by atomic mass is 79.9. The van der Waals surface area contributed by atoms with E-state index in [1.54, 1.807) is 6.04 Å². The number of hydrogen-bond donors (Lipinski definition) is 0. The van der Waals surface area contributed by atoms with Crippen LogP contribution in [0.4, 0.5) is 0 Å². The molecule has 0 aliphatic rings. The van der Waals surface area contributed by atoms with Crippen molar-refractivity contribution >= 4 is 90.2 Å². The van der Waals surface area contributed by atoms with Gasteiger partial charge in [-0.1, -0.05) is 173 Å². The predicted octanol–water partition coefficient (Wildman–Crippen LogP) is 12.6. The van der Waals surface area contributed by atoms with Gasteiger partial charge >= 0.3 is 0 Å². The standard InChI is InChI=1S/C10H23BrSi.C10H23ClSi.C5H13BrSi.C5H13ClSi/c2*1-12(2)10-8-6-4-3-5-7-9-11;2*1-7(2)5-3-4-6/h2*12H,3-10H2,1-2H3;2*7H,3-5H2,1-2H3. The molecule has 0 fully saturated rings. The van der Waals surface area contributed by atoms with Crippen LogP contribution in [0.15, 0.2) is 0 Å². The second-order valence-corrected chi connectivity index (χ2v) is 28.2. The molecule has 0 aromatic heterocycles. The van der Waals surface area contributed by atoms with Crippen LogP contribution in [-0.4, -0.2) is 57.6 Å². The van der Waals surface area contributed by atoms with Crippen molar-refractivity contribution in [2.24, 2.45) is 0 Å². The van der Waals surface area contributed by atoms with Crippen molar-refractivity contribution in [3.63, 3.8) is 0 Å². The molecule has 0 saturated carbocycles. The quantitative estimate of drug-likeness (QED) is 0.0584. The lowest BCUT2D eigenvalue weighted by Gasteiger charge is -2.02. The van der Waals surface area contributed by atoms with E-state index >= 15 is 0 Å². The van der Waals surface area contributed by atoms with Crippen molar-refractivity contribution in [1.82, 2.24) is 0 Å². The number of alkyl halides is 4. The third-order valence-electron chi connectivity index (χ3n) is 6.16. The Hall–Kier alpha value is 2.41. The Morgan fingerprint density at radius 3 is 0.868 bits per heavy atom. The van der Waals surface area contributed by atoms with E-state index in [9.17, 15) is 0 Å². The van der Waals surface area contributed by atoms with Crippen LogP contribution >= 0.6 is 55.1 Å². The van der Waals surface area contributed by atoms with E-state index in [0.717, 1.165) is 11.8 Å². The van der Waals surface area contributed by atoms with E-state index in [1.165, 1.54) is 119 Å². The van der Waals surface area contributed by atoms with Crippen molar-refractivity contribution in [2.45, 2.75) is 166 Å². The topological polar surface area (TPSA) is 0 Å². The molecule has 0 atom stereocenters. The summed E-state index contributed by atoms with van der Waals surface area (Å²) in [5.74, 6) is 1.70. The van der Waals surface area contributed by atoms with Gasteiger partial charge in [-0.05, 0) is 25.7 Å². The van der Waals surface area contributed by atoms with E-state index in [2.05, 4.69) is 84.2 Å². The van der Waals surface area contributed by atoms with Crippen molar-refractivity contribution in [2.75, 3.05) is 22.4 Å². The summed E-state index contributed by atoms with van der Waals surface area (Å²) in [6.45, 7) is 19.3. The Morgan fingerprint density at radius 1 is 0.342 bits per heavy atom. The van der Waals surface area contributed by atoms with Gasteiger partial charge in [-0.2, -0.15) is 0 Å². The fourth-order valence-electron chi connectivity index (χ4n) is 3.68. The van der Waals surface area contributed by atoms with E-state index in [0.29, 0.717) is 0 Å². The van der Waals surface area contributed by atoms with Crippen molar-refractivity contribution in [3.8, 4) is 0 Å². The third-order valence-corrected chi connectivity index (χ3v) is 14.1. The van der Waals surface area contributed by atoms with Gasteiger partial charge < -0.3 is 0 Å². The summed E-state index contributed by atoms with van der Waals surface area (Å²) in [5.41, 5.74) is 0. The first-order valence-corrected chi connectivity index (χ1v) is 32.1. The molecule has 0 saturated heterocycles. The van der Waals surface area contributed by atoms with Crippen molar-refractivity contribution in [3.05, 3.63) is 0 Å². The molecule has 0 bridgehead atoms. The molecule has 0 aliphatic carbocycles. The van der Waals surface area contributed by atoms with E-state index in [1.807, 2.05) is 0 Å². The van der Waals surface area contributed by atoms with Gasteiger partial charge in [0.05, 0.1) is 0 Å². The van der Waals surface area contributed by atoms with Gasteiger partial charge in [0.2, 0.25) is 0 Å². The second kappa shape index (κ2) is 43.9. The average Bonchev–Trinajstić information content (AvgIpc) is 2.86. The minimum absolute atomic E-state index is 0.218. The lowest BCUT2D eigenvalue weighted by molar-refractivity contribution is 0.625. The largest absolute Gasteiger partial charge is 0.127 e. The maximum Gasteiger partial charge on any atom is 0.0306 e. The molecule has 0 nitrogen and oxygen atoms in total. The molecule has 0 aromatic carbocycles. The molecule has 0 heterocycles. The number of unbranched alkanes of at least 4 members (excludes halogenated alkanes) is 10. The first-order valence-electron chi connectivity index (χ1n) is 16.3. The highest BCUT2D eigenvalue weighted by molar-refractivity contribution is 9.09. The summed E-state index contributed by atoms with van der Waals surface area (Å²) in [6, 6.07) is 5.99. The van der Waals surface area contributed by atoms with Gasteiger partial charge in [-0.15, -0.1) is 23.2 Å². The van der Waals surface area contributed by atoms with Crippen LogP contribution in [-0.2, 0) is 0 Å². The van der Waals surface area contributed by atoms with Crippen LogP contribution in [0.1, 0.15) is 89.9 Å². The normalized spacial score (nSPS) is 10.7. The molecule has 0 radical (unpaired) electrons. The molecule has 0 amide bonds. The molecule has 38 heavy (non-hydrogen) atoms. The summed E-state index contributed by atoms with van der Waals surface area (Å²) < 4.78 is 0. The fourth-order valence-corrected chi connectivity index (χ4v) is 9.85. The zero-order chi connectivity index (χ0) is 29.9. The van der Waals surface area contributed by atoms with Gasteiger partial charge in [0.25, 0.3) is 0 Å². The lowest BCUT2D eigenvalue weighted by atomic mass is 10.1. The Labute approximate surface area is 277 Å². The second-order valence-electron chi connectivity index (χ2n) is 12.4. The third kappa shape index (κ3) is 66.6. The van der Waals surface area contributed by atoms with Gasteiger partial charge in [0.15, 0.2) is 0 Å². The summed E-state index contributed by atoms with van der Waals surface area (Å²) in [4.78, 5) is 0. The van der Waals surface area contributed by atoms with Crippen LogP contribution in [0.5, 0.6) is 0 Å². The Balaban J connectivity index is -0.000000210. The molecule has 8 heteroatoms. The van der Waals surface area contributed by atoms with Crippen LogP contribution in [0.25, 0.3) is 0 Å². The van der Waals surface area contributed by atoms with Gasteiger partial charge in [0, 0.05) is 57.6 Å². The molecule has 0 rings (SSSR count). The molecule has 0 unspecified atom stereocenters. The lowest BCUT2D eigenvalue weighted by Crippen LogP contribution is -1.97. The predicted molar refractivity (Wildman–Crippen MR) is 208 cm³/mol. The van der Waals surface area contributed by atoms with Crippen LogP contribution in [0.2, 0.25) is 76.6 Å². The highest BCUT2D eigenvalue weighted by Crippen LogP contribution is 2.10. The minimum atomic E-state index is -0.273. The van der Waals surface area contributed by atoms with Crippen molar-refractivity contribution in [1.29, 1.82) is 0 Å². The summed E-state index contributed by atoms with van der Waals surface area (Å²) in [5, 5.41) is 2.38. The van der Waals surface area contributed by atoms with E-state index < -0.39 is 0 Å². The number of hydrogen-bond acceptors (Lipinski definition) is 0. The van der Waals surface area contributed by atoms with Gasteiger partial charge in [-0.25, -0.2) is 0 Å². The monoisotopic (exact) mass is 772 g/mol. The molecular weight excluding hydrogens is 703 g/mol.